The summed E-state index contributed by atoms with van der Waals surface area (Å²) in [6.07, 6.45) is 2.90. The van der Waals surface area contributed by atoms with E-state index in [1.807, 2.05) is 0 Å². The second kappa shape index (κ2) is 13.8. The number of nitrogens with one attached hydrogen (secondary N) is 1. The predicted molar refractivity (Wildman–Crippen MR) is 154 cm³/mol. The summed E-state index contributed by atoms with van der Waals surface area (Å²) in [7, 11) is 0. The highest BCUT2D eigenvalue weighted by molar-refractivity contribution is 6.15. The molecule has 0 aromatic heterocycles. The molecule has 3 aromatic carbocycles. The molecule has 1 amide bonds. The Bertz CT molecular complexity index is 1480. The lowest BCUT2D eigenvalue weighted by Crippen LogP contribution is -2.38. The highest BCUT2D eigenvalue weighted by Gasteiger charge is 2.32. The van der Waals surface area contributed by atoms with E-state index in [9.17, 15) is 27.2 Å². The average molecular weight is 595 g/mol. The fraction of sp³-hybridized carbons (Fsp3) is 0.273. The maximum Gasteiger partial charge on any atom is 0.228 e. The van der Waals surface area contributed by atoms with Gasteiger partial charge in [-0.1, -0.05) is 12.1 Å². The van der Waals surface area contributed by atoms with Crippen LogP contribution in [0.15, 0.2) is 71.8 Å². The van der Waals surface area contributed by atoms with Crippen LogP contribution in [0.2, 0.25) is 0 Å². The van der Waals surface area contributed by atoms with Crippen LogP contribution in [0.25, 0.3) is 12.2 Å². The third-order valence-electron chi connectivity index (χ3n) is 7.36. The van der Waals surface area contributed by atoms with Crippen molar-refractivity contribution in [1.29, 1.82) is 0 Å². The summed E-state index contributed by atoms with van der Waals surface area (Å²) in [5, 5.41) is 2.86. The molecule has 1 saturated carbocycles. The molecule has 2 fully saturated rings. The van der Waals surface area contributed by atoms with Crippen LogP contribution in [0.4, 0.5) is 23.2 Å². The quantitative estimate of drug-likeness (QED) is 0.255. The normalized spacial score (nSPS) is 19.5. The number of benzene rings is 3. The summed E-state index contributed by atoms with van der Waals surface area (Å²) >= 11 is 0. The highest BCUT2D eigenvalue weighted by atomic mass is 19.2. The van der Waals surface area contributed by atoms with Gasteiger partial charge in [0.1, 0.15) is 12.4 Å². The van der Waals surface area contributed by atoms with E-state index < -0.39 is 35.0 Å². The van der Waals surface area contributed by atoms with Crippen molar-refractivity contribution in [2.75, 3.05) is 44.8 Å². The smallest absolute Gasteiger partial charge is 0.228 e. The fourth-order valence-electron chi connectivity index (χ4n) is 5.03. The Morgan fingerprint density at radius 3 is 1.93 bits per heavy atom. The van der Waals surface area contributed by atoms with Gasteiger partial charge in [-0.15, -0.1) is 0 Å². The Morgan fingerprint density at radius 1 is 0.837 bits per heavy atom. The molecule has 1 N–H and O–H groups in total. The molecular weight excluding hydrogens is 564 g/mol. The first-order chi connectivity index (χ1) is 20.7. The van der Waals surface area contributed by atoms with Gasteiger partial charge < -0.3 is 14.8 Å². The minimum atomic E-state index is -1.07. The number of halogens is 4. The van der Waals surface area contributed by atoms with Gasteiger partial charge in [-0.2, -0.15) is 0 Å². The minimum absolute atomic E-state index is 0.0432. The number of ketones is 1. The lowest BCUT2D eigenvalue weighted by molar-refractivity contribution is -0.120. The standard InChI is InChI=1S/C33H30F4N2O4/c34-28-7-1-21(17-30(28)36)15-23-19-25(20-24(32(23)40)16-22-2-8-29(35)31(37)18-22)33(41)38-26-3-5-27(6-4-26)43-14-11-39-9-12-42-13-10-39/h1-8,15-18,25H,9-14,19-20H2,(H,38,41)/b23-15+,24-16+. The Morgan fingerprint density at radius 2 is 1.40 bits per heavy atom. The minimum Gasteiger partial charge on any atom is -0.492 e. The first-order valence-electron chi connectivity index (χ1n) is 13.9. The molecule has 1 heterocycles. The van der Waals surface area contributed by atoms with E-state index in [2.05, 4.69) is 10.2 Å². The number of amides is 1. The molecule has 0 unspecified atom stereocenters. The largest absolute Gasteiger partial charge is 0.492 e. The van der Waals surface area contributed by atoms with E-state index in [-0.39, 0.29) is 41.0 Å². The summed E-state index contributed by atoms with van der Waals surface area (Å²) in [5.41, 5.74) is 1.43. The van der Waals surface area contributed by atoms with E-state index in [4.69, 9.17) is 9.47 Å². The third-order valence-corrected chi connectivity index (χ3v) is 7.36. The Kier molecular flexibility index (Phi) is 9.68. The molecule has 43 heavy (non-hydrogen) atoms. The number of hydrogen-bond donors (Lipinski definition) is 1. The van der Waals surface area contributed by atoms with Crippen molar-refractivity contribution in [2.24, 2.45) is 5.92 Å². The van der Waals surface area contributed by atoms with Crippen molar-refractivity contribution in [1.82, 2.24) is 4.90 Å². The van der Waals surface area contributed by atoms with Crippen molar-refractivity contribution < 1.29 is 36.6 Å². The lowest BCUT2D eigenvalue weighted by Gasteiger charge is -2.26. The number of Topliss-reactive ketones (excluding diaryl/α,β-unsaturated/α-hetero) is 1. The monoisotopic (exact) mass is 594 g/mol. The van der Waals surface area contributed by atoms with Gasteiger partial charge in [0.05, 0.1) is 13.2 Å². The third kappa shape index (κ3) is 7.97. The van der Waals surface area contributed by atoms with Crippen molar-refractivity contribution in [3.8, 4) is 5.75 Å². The van der Waals surface area contributed by atoms with E-state index in [0.29, 0.717) is 31.3 Å². The van der Waals surface area contributed by atoms with Crippen LogP contribution in [0.5, 0.6) is 5.75 Å². The average Bonchev–Trinajstić information content (AvgIpc) is 3.00. The second-order valence-electron chi connectivity index (χ2n) is 10.4. The zero-order chi connectivity index (χ0) is 30.3. The van der Waals surface area contributed by atoms with E-state index in [1.54, 1.807) is 24.3 Å². The second-order valence-corrected chi connectivity index (χ2v) is 10.4. The molecule has 0 atom stereocenters. The number of allylic oxidation sites excluding steroid dienone is 2. The van der Waals surface area contributed by atoms with Gasteiger partial charge in [0, 0.05) is 42.4 Å². The molecule has 0 radical (unpaired) electrons. The first-order valence-corrected chi connectivity index (χ1v) is 13.9. The number of carbonyl (C=O) groups is 2. The Hall–Kier alpha value is -4.28. The molecule has 5 rings (SSSR count). The van der Waals surface area contributed by atoms with Gasteiger partial charge in [-0.3, -0.25) is 14.5 Å². The molecule has 0 bridgehead atoms. The maximum atomic E-state index is 13.8. The summed E-state index contributed by atoms with van der Waals surface area (Å²) in [5.74, 6) is -5.02. The fourth-order valence-corrected chi connectivity index (χ4v) is 5.03. The van der Waals surface area contributed by atoms with Gasteiger partial charge >= 0.3 is 0 Å². The van der Waals surface area contributed by atoms with Gasteiger partial charge in [0.2, 0.25) is 5.91 Å². The number of morpholine rings is 1. The predicted octanol–water partition coefficient (Wildman–Crippen LogP) is 6.04. The summed E-state index contributed by atoms with van der Waals surface area (Å²) in [4.78, 5) is 29.0. The summed E-state index contributed by atoms with van der Waals surface area (Å²) in [6, 6.07) is 13.4. The molecule has 1 saturated heterocycles. The van der Waals surface area contributed by atoms with Crippen LogP contribution in [-0.4, -0.2) is 56.0 Å². The van der Waals surface area contributed by atoms with Crippen LogP contribution in [0.1, 0.15) is 24.0 Å². The Labute approximate surface area is 246 Å². The molecule has 3 aromatic rings. The van der Waals surface area contributed by atoms with Crippen LogP contribution in [0, 0.1) is 29.2 Å². The van der Waals surface area contributed by atoms with Crippen LogP contribution < -0.4 is 10.1 Å². The topological polar surface area (TPSA) is 67.9 Å². The number of ether oxygens (including phenoxy) is 2. The van der Waals surface area contributed by atoms with Gasteiger partial charge in [-0.05, 0) is 84.7 Å². The first kappa shape index (κ1) is 30.2. The van der Waals surface area contributed by atoms with E-state index in [1.165, 1.54) is 24.3 Å². The van der Waals surface area contributed by atoms with Crippen molar-refractivity contribution in [3.05, 3.63) is 106 Å². The molecule has 6 nitrogen and oxygen atoms in total. The molecule has 1 aliphatic carbocycles. The zero-order valence-electron chi connectivity index (χ0n) is 23.3. The van der Waals surface area contributed by atoms with Crippen molar-refractivity contribution in [3.63, 3.8) is 0 Å². The molecule has 0 spiro atoms. The van der Waals surface area contributed by atoms with Crippen LogP contribution in [0.3, 0.4) is 0 Å². The number of hydrogen-bond acceptors (Lipinski definition) is 5. The van der Waals surface area contributed by atoms with E-state index in [0.717, 1.165) is 43.9 Å². The lowest BCUT2D eigenvalue weighted by atomic mass is 9.79. The molecule has 224 valence electrons. The van der Waals surface area contributed by atoms with Gasteiger partial charge in [-0.25, -0.2) is 17.6 Å². The van der Waals surface area contributed by atoms with Crippen LogP contribution in [-0.2, 0) is 14.3 Å². The number of rotatable bonds is 8. The van der Waals surface area contributed by atoms with E-state index >= 15 is 0 Å². The number of nitrogens with zero attached hydrogens (tertiary/aromatic N) is 1. The molecule has 2 aliphatic rings. The SMILES string of the molecule is O=C1/C(=C/c2ccc(F)c(F)c2)CC(C(=O)Nc2ccc(OCCN3CCOCC3)cc2)C/C1=C\c1ccc(F)c(F)c1. The Balaban J connectivity index is 1.30. The molecule has 1 aliphatic heterocycles. The number of anilines is 1. The van der Waals surface area contributed by atoms with Crippen molar-refractivity contribution >= 4 is 29.5 Å². The highest BCUT2D eigenvalue weighted by Crippen LogP contribution is 2.34. The maximum absolute atomic E-state index is 13.8. The van der Waals surface area contributed by atoms with Gasteiger partial charge in [0.25, 0.3) is 0 Å². The van der Waals surface area contributed by atoms with Crippen LogP contribution >= 0.6 is 0 Å². The molecule has 10 heteroatoms. The van der Waals surface area contributed by atoms with Gasteiger partial charge in [0.15, 0.2) is 29.1 Å². The summed E-state index contributed by atoms with van der Waals surface area (Å²) < 4.78 is 65.8. The molecular formula is C33H30F4N2O4. The van der Waals surface area contributed by atoms with Crippen molar-refractivity contribution in [2.45, 2.75) is 12.8 Å². The number of carbonyl (C=O) groups excluding carboxylic acids is 2. The zero-order valence-corrected chi connectivity index (χ0v) is 23.3. The summed E-state index contributed by atoms with van der Waals surface area (Å²) in [6.45, 7) is 4.47.